The Labute approximate surface area is 204 Å². The molecule has 3 rings (SSSR count). The first-order chi connectivity index (χ1) is 16.6. The van der Waals surface area contributed by atoms with Crippen LogP contribution in [0.25, 0.3) is 0 Å². The highest BCUT2D eigenvalue weighted by Crippen LogP contribution is 2.20. The molecule has 0 radical (unpaired) electrons. The summed E-state index contributed by atoms with van der Waals surface area (Å²) in [7, 11) is 0. The lowest BCUT2D eigenvalue weighted by Crippen LogP contribution is -2.52. The second-order valence-electron chi connectivity index (χ2n) is 9.07. The van der Waals surface area contributed by atoms with E-state index in [4.69, 9.17) is 0 Å². The van der Waals surface area contributed by atoms with Crippen LogP contribution in [0.4, 0.5) is 16.2 Å². The summed E-state index contributed by atoms with van der Waals surface area (Å²) in [5.74, 6) is -0.0898. The summed E-state index contributed by atoms with van der Waals surface area (Å²) in [6, 6.07) is 15.9. The van der Waals surface area contributed by atoms with Crippen molar-refractivity contribution < 1.29 is 9.59 Å². The molecule has 1 aliphatic rings. The van der Waals surface area contributed by atoms with Crippen LogP contribution in [0, 0.1) is 0 Å². The average molecular weight is 465 g/mol. The maximum Gasteiger partial charge on any atom is 0.317 e. The van der Waals surface area contributed by atoms with E-state index in [1.807, 2.05) is 41.3 Å². The van der Waals surface area contributed by atoms with E-state index in [9.17, 15) is 9.59 Å². The number of piperazine rings is 1. The quantitative estimate of drug-likeness (QED) is 0.420. The molecule has 2 aromatic carbocycles. The molecule has 3 amide bonds. The average Bonchev–Trinajstić information content (AvgIpc) is 2.87. The Morgan fingerprint density at radius 2 is 1.47 bits per heavy atom. The van der Waals surface area contributed by atoms with Gasteiger partial charge in [-0.25, -0.2) is 4.79 Å². The van der Waals surface area contributed by atoms with Gasteiger partial charge in [0.05, 0.1) is 0 Å². The SMILES string of the molecule is CCCCCCc1ccc(C(=O)Nc2ccc(N3CCN(C(=O)NCCCC)CC3)cc2)cc1. The van der Waals surface area contributed by atoms with E-state index in [1.165, 1.54) is 31.2 Å². The van der Waals surface area contributed by atoms with Gasteiger partial charge in [0, 0.05) is 49.7 Å². The van der Waals surface area contributed by atoms with Crippen LogP contribution < -0.4 is 15.5 Å². The largest absolute Gasteiger partial charge is 0.368 e. The van der Waals surface area contributed by atoms with Crippen molar-refractivity contribution in [3.05, 3.63) is 59.7 Å². The number of aryl methyl sites for hydroxylation is 1. The highest BCUT2D eigenvalue weighted by molar-refractivity contribution is 6.04. The topological polar surface area (TPSA) is 64.7 Å². The Balaban J connectivity index is 1.45. The summed E-state index contributed by atoms with van der Waals surface area (Å²) >= 11 is 0. The predicted octanol–water partition coefficient (Wildman–Crippen LogP) is 5.69. The molecule has 0 saturated carbocycles. The fourth-order valence-corrected chi connectivity index (χ4v) is 4.19. The molecule has 2 N–H and O–H groups in total. The van der Waals surface area contributed by atoms with E-state index in [0.29, 0.717) is 18.7 Å². The molecule has 1 aliphatic heterocycles. The Kier molecular flexibility index (Phi) is 10.3. The van der Waals surface area contributed by atoms with Crippen molar-refractivity contribution in [3.63, 3.8) is 0 Å². The van der Waals surface area contributed by atoms with Crippen LogP contribution >= 0.6 is 0 Å². The first kappa shape index (κ1) is 25.6. The van der Waals surface area contributed by atoms with Gasteiger partial charge in [0.2, 0.25) is 0 Å². The van der Waals surface area contributed by atoms with Gasteiger partial charge in [-0.2, -0.15) is 0 Å². The molecular formula is C28H40N4O2. The summed E-state index contributed by atoms with van der Waals surface area (Å²) in [5.41, 5.74) is 3.85. The number of anilines is 2. The van der Waals surface area contributed by atoms with Gasteiger partial charge in [-0.1, -0.05) is 51.7 Å². The Morgan fingerprint density at radius 3 is 2.12 bits per heavy atom. The van der Waals surface area contributed by atoms with Crippen molar-refractivity contribution in [1.82, 2.24) is 10.2 Å². The van der Waals surface area contributed by atoms with Gasteiger partial charge in [-0.3, -0.25) is 4.79 Å². The second kappa shape index (κ2) is 13.6. The van der Waals surface area contributed by atoms with E-state index < -0.39 is 0 Å². The van der Waals surface area contributed by atoms with Crippen LogP contribution in [-0.2, 0) is 6.42 Å². The highest BCUT2D eigenvalue weighted by Gasteiger charge is 2.21. The maximum atomic E-state index is 12.6. The Hall–Kier alpha value is -3.02. The van der Waals surface area contributed by atoms with Gasteiger partial charge in [-0.15, -0.1) is 0 Å². The van der Waals surface area contributed by atoms with E-state index in [2.05, 4.69) is 41.5 Å². The third-order valence-corrected chi connectivity index (χ3v) is 6.40. The Bertz CT molecular complexity index is 888. The third-order valence-electron chi connectivity index (χ3n) is 6.40. The minimum Gasteiger partial charge on any atom is -0.368 e. The van der Waals surface area contributed by atoms with Crippen molar-refractivity contribution in [2.75, 3.05) is 42.9 Å². The van der Waals surface area contributed by atoms with Crippen LogP contribution in [-0.4, -0.2) is 49.6 Å². The Morgan fingerprint density at radius 1 is 0.794 bits per heavy atom. The lowest BCUT2D eigenvalue weighted by molar-refractivity contribution is 0.102. The van der Waals surface area contributed by atoms with Gasteiger partial charge in [-0.05, 0) is 61.2 Å². The number of unbranched alkanes of at least 4 members (excludes halogenated alkanes) is 4. The molecule has 0 unspecified atom stereocenters. The number of hydrogen-bond acceptors (Lipinski definition) is 3. The predicted molar refractivity (Wildman–Crippen MR) is 141 cm³/mol. The molecule has 0 spiro atoms. The second-order valence-corrected chi connectivity index (χ2v) is 9.07. The van der Waals surface area contributed by atoms with E-state index in [0.717, 1.165) is 50.3 Å². The van der Waals surface area contributed by atoms with Gasteiger partial charge in [0.15, 0.2) is 0 Å². The summed E-state index contributed by atoms with van der Waals surface area (Å²) in [6.45, 7) is 8.12. The fourth-order valence-electron chi connectivity index (χ4n) is 4.19. The van der Waals surface area contributed by atoms with Crippen LogP contribution in [0.1, 0.15) is 68.3 Å². The number of rotatable bonds is 11. The van der Waals surface area contributed by atoms with Crippen molar-refractivity contribution in [2.24, 2.45) is 0 Å². The number of benzene rings is 2. The van der Waals surface area contributed by atoms with E-state index in [1.54, 1.807) is 0 Å². The van der Waals surface area contributed by atoms with Crippen LogP contribution in [0.3, 0.4) is 0 Å². The molecule has 0 aliphatic carbocycles. The zero-order valence-electron chi connectivity index (χ0n) is 20.8. The summed E-state index contributed by atoms with van der Waals surface area (Å²) in [6.07, 6.45) is 8.16. The molecule has 1 saturated heterocycles. The molecule has 184 valence electrons. The van der Waals surface area contributed by atoms with E-state index in [-0.39, 0.29) is 11.9 Å². The van der Waals surface area contributed by atoms with Gasteiger partial charge >= 0.3 is 6.03 Å². The number of nitrogens with zero attached hydrogens (tertiary/aromatic N) is 2. The monoisotopic (exact) mass is 464 g/mol. The summed E-state index contributed by atoms with van der Waals surface area (Å²) in [5, 5.41) is 5.99. The third kappa shape index (κ3) is 7.79. The van der Waals surface area contributed by atoms with Crippen molar-refractivity contribution in [2.45, 2.75) is 58.8 Å². The number of hydrogen-bond donors (Lipinski definition) is 2. The molecule has 2 aromatic rings. The summed E-state index contributed by atoms with van der Waals surface area (Å²) in [4.78, 5) is 29.0. The summed E-state index contributed by atoms with van der Waals surface area (Å²) < 4.78 is 0. The molecule has 0 atom stereocenters. The molecule has 6 nitrogen and oxygen atoms in total. The standard InChI is InChI=1S/C28H40N4O2/c1-3-5-7-8-9-23-10-12-24(13-11-23)27(33)30-25-14-16-26(17-15-25)31-19-21-32(22-20-31)28(34)29-18-6-4-2/h10-17H,3-9,18-22H2,1-2H3,(H,29,34)(H,30,33). The molecule has 34 heavy (non-hydrogen) atoms. The normalized spacial score (nSPS) is 13.6. The highest BCUT2D eigenvalue weighted by atomic mass is 16.2. The first-order valence-corrected chi connectivity index (χ1v) is 12.9. The molecule has 1 fully saturated rings. The van der Waals surface area contributed by atoms with Crippen LogP contribution in [0.15, 0.2) is 48.5 Å². The lowest BCUT2D eigenvalue weighted by atomic mass is 10.0. The molecule has 0 aromatic heterocycles. The fraction of sp³-hybridized carbons (Fsp3) is 0.500. The van der Waals surface area contributed by atoms with Gasteiger partial charge in [0.1, 0.15) is 0 Å². The van der Waals surface area contributed by atoms with Crippen LogP contribution in [0.2, 0.25) is 0 Å². The van der Waals surface area contributed by atoms with Gasteiger partial charge in [0.25, 0.3) is 5.91 Å². The number of urea groups is 1. The number of carbonyl (C=O) groups excluding carboxylic acids is 2. The molecule has 0 bridgehead atoms. The van der Waals surface area contributed by atoms with Crippen molar-refractivity contribution >= 4 is 23.3 Å². The molecule has 6 heteroatoms. The zero-order valence-corrected chi connectivity index (χ0v) is 20.8. The molecular weight excluding hydrogens is 424 g/mol. The van der Waals surface area contributed by atoms with Crippen molar-refractivity contribution in [1.29, 1.82) is 0 Å². The van der Waals surface area contributed by atoms with Crippen molar-refractivity contribution in [3.8, 4) is 0 Å². The number of amides is 3. The maximum absolute atomic E-state index is 12.6. The number of carbonyl (C=O) groups is 2. The smallest absolute Gasteiger partial charge is 0.317 e. The van der Waals surface area contributed by atoms with Crippen LogP contribution in [0.5, 0.6) is 0 Å². The minimum absolute atomic E-state index is 0.0377. The van der Waals surface area contributed by atoms with Gasteiger partial charge < -0.3 is 20.4 Å². The zero-order chi connectivity index (χ0) is 24.2. The minimum atomic E-state index is -0.0898. The first-order valence-electron chi connectivity index (χ1n) is 12.9. The van der Waals surface area contributed by atoms with E-state index >= 15 is 0 Å². The number of nitrogens with one attached hydrogen (secondary N) is 2. The lowest BCUT2D eigenvalue weighted by Gasteiger charge is -2.36. The molecule has 1 heterocycles.